The number of nitrogens with one attached hydrogen (secondary N) is 1. The summed E-state index contributed by atoms with van der Waals surface area (Å²) in [6.45, 7) is 0.628. The van der Waals surface area contributed by atoms with Crippen LogP contribution in [0.5, 0.6) is 0 Å². The zero-order valence-electron chi connectivity index (χ0n) is 18.6. The van der Waals surface area contributed by atoms with Gasteiger partial charge in [0.1, 0.15) is 5.69 Å². The topological polar surface area (TPSA) is 83.9 Å². The Morgan fingerprint density at radius 3 is 2.42 bits per heavy atom. The third kappa shape index (κ3) is 5.63. The summed E-state index contributed by atoms with van der Waals surface area (Å²) in [5, 5.41) is 11.8. The van der Waals surface area contributed by atoms with Gasteiger partial charge in [0, 0.05) is 30.9 Å². The van der Waals surface area contributed by atoms with Gasteiger partial charge < -0.3 is 4.90 Å². The molecule has 0 aliphatic rings. The fraction of sp³-hybridized carbons (Fsp3) is 0.231. The molecule has 0 radical (unpaired) electrons. The van der Waals surface area contributed by atoms with Crippen molar-refractivity contribution in [1.82, 2.24) is 24.9 Å². The molecule has 4 aromatic rings. The lowest BCUT2D eigenvalue weighted by Gasteiger charge is -2.17. The molecule has 1 N–H and O–H groups in total. The van der Waals surface area contributed by atoms with Crippen molar-refractivity contribution in [3.8, 4) is 16.9 Å². The monoisotopic (exact) mass is 441 g/mol. The summed E-state index contributed by atoms with van der Waals surface area (Å²) in [4.78, 5) is 26.6. The predicted octanol–water partition coefficient (Wildman–Crippen LogP) is 4.11. The van der Waals surface area contributed by atoms with Crippen LogP contribution in [0.2, 0.25) is 0 Å². The van der Waals surface area contributed by atoms with Crippen molar-refractivity contribution in [3.63, 3.8) is 0 Å². The average Bonchev–Trinajstić information content (AvgIpc) is 3.33. The molecule has 33 heavy (non-hydrogen) atoms. The standard InChI is InChI=1S/C26H27N5O2/c1-30(26(33)23-16-17-25(32)31(29-23)22-14-8-3-9-15-22)18-10-4-7-13-21-19-24(28-27-21)20-11-5-2-6-12-20/h2-3,5-6,8-9,11-12,14-17,19H,4,7,10,13,18H2,1H3,(H,27,28). The van der Waals surface area contributed by atoms with Gasteiger partial charge in [-0.25, -0.2) is 0 Å². The number of nitrogens with zero attached hydrogens (tertiary/aromatic N) is 4. The predicted molar refractivity (Wildman–Crippen MR) is 128 cm³/mol. The largest absolute Gasteiger partial charge is 0.340 e. The van der Waals surface area contributed by atoms with Crippen LogP contribution in [0.15, 0.2) is 83.7 Å². The first-order valence-corrected chi connectivity index (χ1v) is 11.1. The summed E-state index contributed by atoms with van der Waals surface area (Å²) in [5.74, 6) is -0.194. The molecule has 0 fully saturated rings. The molecular formula is C26H27N5O2. The molecule has 0 spiro atoms. The molecule has 7 heteroatoms. The summed E-state index contributed by atoms with van der Waals surface area (Å²) in [5.41, 5.74) is 3.80. The smallest absolute Gasteiger partial charge is 0.274 e. The molecule has 7 nitrogen and oxygen atoms in total. The number of hydrogen-bond donors (Lipinski definition) is 1. The molecule has 4 rings (SSSR count). The van der Waals surface area contributed by atoms with Crippen LogP contribution in [0.25, 0.3) is 16.9 Å². The Morgan fingerprint density at radius 2 is 1.67 bits per heavy atom. The minimum absolute atomic E-state index is 0.194. The number of carbonyl (C=O) groups is 1. The molecule has 0 atom stereocenters. The molecule has 0 unspecified atom stereocenters. The number of aromatic amines is 1. The minimum atomic E-state index is -0.269. The van der Waals surface area contributed by atoms with Crippen molar-refractivity contribution in [2.75, 3.05) is 13.6 Å². The first kappa shape index (κ1) is 22.2. The van der Waals surface area contributed by atoms with Crippen molar-refractivity contribution in [2.45, 2.75) is 25.7 Å². The number of rotatable bonds is 9. The second-order valence-electron chi connectivity index (χ2n) is 7.99. The van der Waals surface area contributed by atoms with E-state index in [1.165, 1.54) is 16.8 Å². The lowest BCUT2D eigenvalue weighted by molar-refractivity contribution is 0.0784. The van der Waals surface area contributed by atoms with Gasteiger partial charge in [0.15, 0.2) is 0 Å². The van der Waals surface area contributed by atoms with E-state index in [1.54, 1.807) is 24.1 Å². The lowest BCUT2D eigenvalue weighted by atomic mass is 10.1. The van der Waals surface area contributed by atoms with Crippen molar-refractivity contribution in [3.05, 3.63) is 101 Å². The summed E-state index contributed by atoms with van der Waals surface area (Å²) in [7, 11) is 1.77. The van der Waals surface area contributed by atoms with Gasteiger partial charge in [-0.05, 0) is 43.5 Å². The number of H-pyrrole nitrogens is 1. The number of hydrogen-bond acceptors (Lipinski definition) is 4. The highest BCUT2D eigenvalue weighted by Gasteiger charge is 2.15. The Balaban J connectivity index is 1.26. The zero-order chi connectivity index (χ0) is 23.0. The van der Waals surface area contributed by atoms with Crippen LogP contribution >= 0.6 is 0 Å². The summed E-state index contributed by atoms with van der Waals surface area (Å²) < 4.78 is 1.26. The van der Waals surface area contributed by atoms with Crippen LogP contribution in [0, 0.1) is 0 Å². The number of benzene rings is 2. The number of carbonyl (C=O) groups excluding carboxylic acids is 1. The number of aromatic nitrogens is 4. The quantitative estimate of drug-likeness (QED) is 0.396. The van der Waals surface area contributed by atoms with Crippen LogP contribution in [-0.4, -0.2) is 44.4 Å². The summed E-state index contributed by atoms with van der Waals surface area (Å²) >= 11 is 0. The molecule has 0 aliphatic carbocycles. The van der Waals surface area contributed by atoms with E-state index in [1.807, 2.05) is 48.5 Å². The van der Waals surface area contributed by atoms with E-state index in [-0.39, 0.29) is 17.2 Å². The summed E-state index contributed by atoms with van der Waals surface area (Å²) in [6.07, 6.45) is 3.81. The molecular weight excluding hydrogens is 414 g/mol. The van der Waals surface area contributed by atoms with E-state index in [2.05, 4.69) is 21.4 Å². The zero-order valence-corrected chi connectivity index (χ0v) is 18.6. The SMILES string of the molecule is CN(CCCCCc1cc(-c2ccccc2)n[nH]1)C(=O)c1ccc(=O)n(-c2ccccc2)n1. The fourth-order valence-corrected chi connectivity index (χ4v) is 3.66. The van der Waals surface area contributed by atoms with E-state index in [9.17, 15) is 9.59 Å². The average molecular weight is 442 g/mol. The van der Waals surface area contributed by atoms with Crippen molar-refractivity contribution in [1.29, 1.82) is 0 Å². The lowest BCUT2D eigenvalue weighted by Crippen LogP contribution is -2.31. The second-order valence-corrected chi connectivity index (χ2v) is 7.99. The first-order chi connectivity index (χ1) is 16.1. The third-order valence-electron chi connectivity index (χ3n) is 5.51. The van der Waals surface area contributed by atoms with E-state index in [0.29, 0.717) is 12.2 Å². The van der Waals surface area contributed by atoms with Crippen LogP contribution in [-0.2, 0) is 6.42 Å². The molecule has 0 saturated carbocycles. The Bertz CT molecular complexity index is 1250. The van der Waals surface area contributed by atoms with Gasteiger partial charge >= 0.3 is 0 Å². The normalized spacial score (nSPS) is 10.8. The maximum absolute atomic E-state index is 12.8. The molecule has 0 saturated heterocycles. The maximum atomic E-state index is 12.8. The first-order valence-electron chi connectivity index (χ1n) is 11.1. The second kappa shape index (κ2) is 10.5. The highest BCUT2D eigenvalue weighted by Crippen LogP contribution is 2.18. The Hall–Kier alpha value is -4.00. The third-order valence-corrected chi connectivity index (χ3v) is 5.51. The highest BCUT2D eigenvalue weighted by atomic mass is 16.2. The van der Waals surface area contributed by atoms with Crippen LogP contribution in [0.3, 0.4) is 0 Å². The van der Waals surface area contributed by atoms with Gasteiger partial charge in [0.25, 0.3) is 11.5 Å². The highest BCUT2D eigenvalue weighted by molar-refractivity contribution is 5.91. The van der Waals surface area contributed by atoms with E-state index < -0.39 is 0 Å². The van der Waals surface area contributed by atoms with Crippen LogP contribution in [0.4, 0.5) is 0 Å². The van der Waals surface area contributed by atoms with Gasteiger partial charge in [-0.2, -0.15) is 14.9 Å². The molecule has 2 heterocycles. The molecule has 168 valence electrons. The van der Waals surface area contributed by atoms with Gasteiger partial charge in [-0.15, -0.1) is 0 Å². The van der Waals surface area contributed by atoms with E-state index in [4.69, 9.17) is 0 Å². The molecule has 0 aliphatic heterocycles. The number of unbranched alkanes of at least 4 members (excludes halogenated alkanes) is 2. The molecule has 0 bridgehead atoms. The van der Waals surface area contributed by atoms with Crippen molar-refractivity contribution in [2.24, 2.45) is 0 Å². The Labute approximate surface area is 192 Å². The van der Waals surface area contributed by atoms with E-state index >= 15 is 0 Å². The van der Waals surface area contributed by atoms with Crippen LogP contribution in [0.1, 0.15) is 35.4 Å². The number of para-hydroxylation sites is 1. The van der Waals surface area contributed by atoms with Gasteiger partial charge in [0.05, 0.1) is 11.4 Å². The fourth-order valence-electron chi connectivity index (χ4n) is 3.66. The summed E-state index contributed by atoms with van der Waals surface area (Å²) in [6, 6.07) is 24.2. The minimum Gasteiger partial charge on any atom is -0.340 e. The molecule has 2 aromatic heterocycles. The van der Waals surface area contributed by atoms with Crippen LogP contribution < -0.4 is 5.56 Å². The Kier molecular flexibility index (Phi) is 7.09. The van der Waals surface area contributed by atoms with Gasteiger partial charge in [-0.3, -0.25) is 14.7 Å². The number of aryl methyl sites for hydroxylation is 1. The maximum Gasteiger partial charge on any atom is 0.274 e. The van der Waals surface area contributed by atoms with E-state index in [0.717, 1.165) is 42.6 Å². The molecule has 1 amide bonds. The van der Waals surface area contributed by atoms with Crippen molar-refractivity contribution >= 4 is 5.91 Å². The molecule has 2 aromatic carbocycles. The Morgan fingerprint density at radius 1 is 0.939 bits per heavy atom. The van der Waals surface area contributed by atoms with Gasteiger partial charge in [0.2, 0.25) is 0 Å². The van der Waals surface area contributed by atoms with Crippen molar-refractivity contribution < 1.29 is 4.79 Å². The van der Waals surface area contributed by atoms with Gasteiger partial charge in [-0.1, -0.05) is 55.0 Å². The number of amides is 1.